The fraction of sp³-hybridized carbons (Fsp3) is 0.308. The van der Waals surface area contributed by atoms with Gasteiger partial charge >= 0.3 is 0 Å². The predicted octanol–water partition coefficient (Wildman–Crippen LogP) is 3.17. The predicted molar refractivity (Wildman–Crippen MR) is 94.4 cm³/mol. The van der Waals surface area contributed by atoms with E-state index in [4.69, 9.17) is 23.2 Å². The van der Waals surface area contributed by atoms with Crippen LogP contribution < -0.4 is 10.0 Å². The first-order valence-electron chi connectivity index (χ1n) is 6.85. The fourth-order valence-corrected chi connectivity index (χ4v) is 4.34. The quantitative estimate of drug-likeness (QED) is 0.714. The van der Waals surface area contributed by atoms with E-state index >= 15 is 0 Å². The molecule has 0 aliphatic heterocycles. The van der Waals surface area contributed by atoms with Crippen molar-refractivity contribution in [1.82, 2.24) is 14.9 Å². The van der Waals surface area contributed by atoms with Gasteiger partial charge in [-0.25, -0.2) is 13.1 Å². The second-order valence-electron chi connectivity index (χ2n) is 4.88. The molecule has 2 rings (SSSR count). The Bertz CT molecular complexity index is 855. The third-order valence-electron chi connectivity index (χ3n) is 3.00. The van der Waals surface area contributed by atoms with Gasteiger partial charge in [0.2, 0.25) is 9.47 Å². The third-order valence-corrected chi connectivity index (χ3v) is 6.34. The van der Waals surface area contributed by atoms with Crippen LogP contribution in [0.5, 0.6) is 0 Å². The maximum atomic E-state index is 12.2. The summed E-state index contributed by atoms with van der Waals surface area (Å²) in [5, 5.41) is 10.4. The highest BCUT2D eigenvalue weighted by molar-refractivity contribution is 7.91. The van der Waals surface area contributed by atoms with Gasteiger partial charge in [0.25, 0.3) is 15.9 Å². The van der Waals surface area contributed by atoms with Crippen molar-refractivity contribution in [3.8, 4) is 0 Å². The molecule has 0 aliphatic carbocycles. The first-order chi connectivity index (χ1) is 11.2. The Labute approximate surface area is 153 Å². The molecule has 7 nitrogen and oxygen atoms in total. The average Bonchev–Trinajstić information content (AvgIpc) is 2.95. The molecule has 0 saturated carbocycles. The minimum atomic E-state index is -3.76. The van der Waals surface area contributed by atoms with Gasteiger partial charge in [0.05, 0.1) is 10.6 Å². The average molecular weight is 409 g/mol. The van der Waals surface area contributed by atoms with Crippen LogP contribution in [0.15, 0.2) is 22.5 Å². The maximum absolute atomic E-state index is 12.2. The number of rotatable bonds is 6. The van der Waals surface area contributed by atoms with Crippen LogP contribution in [-0.2, 0) is 10.0 Å². The van der Waals surface area contributed by atoms with E-state index < -0.39 is 15.9 Å². The van der Waals surface area contributed by atoms with Gasteiger partial charge in [0, 0.05) is 11.1 Å². The summed E-state index contributed by atoms with van der Waals surface area (Å²) in [5.41, 5.74) is 0.193. The summed E-state index contributed by atoms with van der Waals surface area (Å²) in [7, 11) is -3.76. The Morgan fingerprint density at radius 2 is 2.04 bits per heavy atom. The van der Waals surface area contributed by atoms with Crippen molar-refractivity contribution >= 4 is 55.6 Å². The van der Waals surface area contributed by atoms with Crippen molar-refractivity contribution in [3.63, 3.8) is 0 Å². The molecule has 0 bridgehead atoms. The standard InChI is InChI=1S/C13H14Cl2N4O3S2/c1-3-7(2)19-24(21,22)13-18-17-12(23-13)16-11(20)9-5-4-8(14)6-10(9)15/h4-7,19H,3H2,1-2H3,(H,16,17,20). The van der Waals surface area contributed by atoms with Gasteiger partial charge in [-0.3, -0.25) is 10.1 Å². The van der Waals surface area contributed by atoms with Gasteiger partial charge in [-0.05, 0) is 31.5 Å². The lowest BCUT2D eigenvalue weighted by atomic mass is 10.2. The lowest BCUT2D eigenvalue weighted by molar-refractivity contribution is 0.102. The summed E-state index contributed by atoms with van der Waals surface area (Å²) < 4.78 is 26.5. The number of amides is 1. The smallest absolute Gasteiger partial charge is 0.270 e. The van der Waals surface area contributed by atoms with Crippen LogP contribution in [0, 0.1) is 0 Å². The van der Waals surface area contributed by atoms with Crippen LogP contribution in [0.25, 0.3) is 0 Å². The van der Waals surface area contributed by atoms with Crippen molar-refractivity contribution in [2.75, 3.05) is 5.32 Å². The van der Waals surface area contributed by atoms with Crippen LogP contribution in [-0.4, -0.2) is 30.6 Å². The number of hydrogen-bond acceptors (Lipinski definition) is 6. The third kappa shape index (κ3) is 4.64. The molecule has 1 unspecified atom stereocenters. The van der Waals surface area contributed by atoms with Crippen LogP contribution in [0.2, 0.25) is 10.0 Å². The van der Waals surface area contributed by atoms with E-state index in [0.717, 1.165) is 11.3 Å². The van der Waals surface area contributed by atoms with Crippen LogP contribution in [0.4, 0.5) is 5.13 Å². The molecule has 24 heavy (non-hydrogen) atoms. The number of aromatic nitrogens is 2. The molecule has 1 atom stereocenters. The highest BCUT2D eigenvalue weighted by Crippen LogP contribution is 2.24. The molecule has 2 aromatic rings. The lowest BCUT2D eigenvalue weighted by Gasteiger charge is -2.09. The number of carbonyl (C=O) groups excluding carboxylic acids is 1. The SMILES string of the molecule is CCC(C)NS(=O)(=O)c1nnc(NC(=O)c2ccc(Cl)cc2Cl)s1. The largest absolute Gasteiger partial charge is 0.296 e. The lowest BCUT2D eigenvalue weighted by Crippen LogP contribution is -2.31. The molecule has 1 aromatic carbocycles. The van der Waals surface area contributed by atoms with Crippen LogP contribution >= 0.6 is 34.5 Å². The second kappa shape index (κ2) is 7.75. The summed E-state index contributed by atoms with van der Waals surface area (Å²) >= 11 is 12.5. The topological polar surface area (TPSA) is 101 Å². The first kappa shape index (κ1) is 19.1. The van der Waals surface area contributed by atoms with Gasteiger partial charge in [0.15, 0.2) is 0 Å². The molecule has 2 N–H and O–H groups in total. The number of nitrogens with zero attached hydrogens (tertiary/aromatic N) is 2. The van der Waals surface area contributed by atoms with Crippen LogP contribution in [0.1, 0.15) is 30.6 Å². The van der Waals surface area contributed by atoms with Gasteiger partial charge in [-0.1, -0.05) is 41.5 Å². The van der Waals surface area contributed by atoms with Crippen molar-refractivity contribution in [3.05, 3.63) is 33.8 Å². The molecule has 130 valence electrons. The zero-order valence-corrected chi connectivity index (χ0v) is 15.9. The summed E-state index contributed by atoms with van der Waals surface area (Å²) in [5.74, 6) is -0.536. The molecule has 1 heterocycles. The Morgan fingerprint density at radius 1 is 1.33 bits per heavy atom. The summed E-state index contributed by atoms with van der Waals surface area (Å²) in [6, 6.07) is 4.19. The Kier molecular flexibility index (Phi) is 6.16. The molecular weight excluding hydrogens is 395 g/mol. The van der Waals surface area contributed by atoms with E-state index in [0.29, 0.717) is 11.4 Å². The summed E-state index contributed by atoms with van der Waals surface area (Å²) in [6.07, 6.45) is 0.636. The monoisotopic (exact) mass is 408 g/mol. The zero-order valence-electron chi connectivity index (χ0n) is 12.7. The second-order valence-corrected chi connectivity index (χ2v) is 8.59. The molecule has 0 saturated heterocycles. The molecule has 1 amide bonds. The number of anilines is 1. The van der Waals surface area contributed by atoms with E-state index in [-0.39, 0.29) is 26.1 Å². The Balaban J connectivity index is 2.15. The highest BCUT2D eigenvalue weighted by Gasteiger charge is 2.23. The molecule has 0 aliphatic rings. The number of sulfonamides is 1. The Hall–Kier alpha value is -1.26. The van der Waals surface area contributed by atoms with Crippen molar-refractivity contribution in [2.45, 2.75) is 30.6 Å². The minimum absolute atomic E-state index is 0.0514. The normalized spacial score (nSPS) is 12.8. The summed E-state index contributed by atoms with van der Waals surface area (Å²) in [6.45, 7) is 3.60. The van der Waals surface area contributed by atoms with E-state index in [9.17, 15) is 13.2 Å². The number of halogens is 2. The molecule has 0 spiro atoms. The molecule has 0 fully saturated rings. The van der Waals surface area contributed by atoms with Gasteiger partial charge in [-0.15, -0.1) is 10.2 Å². The maximum Gasteiger partial charge on any atom is 0.270 e. The van der Waals surface area contributed by atoms with E-state index in [1.54, 1.807) is 6.92 Å². The van der Waals surface area contributed by atoms with Crippen molar-refractivity contribution in [2.24, 2.45) is 0 Å². The fourth-order valence-electron chi connectivity index (χ4n) is 1.61. The molecule has 0 radical (unpaired) electrons. The first-order valence-corrected chi connectivity index (χ1v) is 9.90. The Morgan fingerprint density at radius 3 is 2.67 bits per heavy atom. The van der Waals surface area contributed by atoms with Crippen molar-refractivity contribution in [1.29, 1.82) is 0 Å². The molecule has 11 heteroatoms. The number of benzene rings is 1. The van der Waals surface area contributed by atoms with E-state index in [1.807, 2.05) is 6.92 Å². The van der Waals surface area contributed by atoms with Gasteiger partial charge in [0.1, 0.15) is 0 Å². The number of hydrogen-bond donors (Lipinski definition) is 2. The van der Waals surface area contributed by atoms with Gasteiger partial charge < -0.3 is 0 Å². The van der Waals surface area contributed by atoms with Crippen LogP contribution in [0.3, 0.4) is 0 Å². The molecule has 1 aromatic heterocycles. The summed E-state index contributed by atoms with van der Waals surface area (Å²) in [4.78, 5) is 12.2. The van der Waals surface area contributed by atoms with E-state index in [1.165, 1.54) is 18.2 Å². The van der Waals surface area contributed by atoms with Crippen molar-refractivity contribution < 1.29 is 13.2 Å². The van der Waals surface area contributed by atoms with E-state index in [2.05, 4.69) is 20.2 Å². The number of carbonyl (C=O) groups is 1. The number of nitrogens with one attached hydrogen (secondary N) is 2. The molecular formula is C13H14Cl2N4O3S2. The zero-order chi connectivity index (χ0) is 17.9. The van der Waals surface area contributed by atoms with Gasteiger partial charge in [-0.2, -0.15) is 0 Å². The highest BCUT2D eigenvalue weighted by atomic mass is 35.5. The minimum Gasteiger partial charge on any atom is -0.296 e.